The second-order valence-electron chi connectivity index (χ2n) is 5.73. The van der Waals surface area contributed by atoms with E-state index >= 15 is 0 Å². The Hall–Kier alpha value is -0.810. The quantitative estimate of drug-likeness (QED) is 0.810. The van der Waals surface area contributed by atoms with Crippen molar-refractivity contribution in [3.63, 3.8) is 0 Å². The molecule has 5 nitrogen and oxygen atoms in total. The molecule has 0 aromatic rings. The van der Waals surface area contributed by atoms with Crippen LogP contribution in [0.1, 0.15) is 39.0 Å². The molecule has 0 aromatic heterocycles. The van der Waals surface area contributed by atoms with E-state index in [1.165, 1.54) is 6.42 Å². The lowest BCUT2D eigenvalue weighted by atomic mass is 9.84. The largest absolute Gasteiger partial charge is 0.353 e. The van der Waals surface area contributed by atoms with Gasteiger partial charge in [0.15, 0.2) is 0 Å². The molecule has 6 heteroatoms. The van der Waals surface area contributed by atoms with Gasteiger partial charge in [-0.05, 0) is 32.2 Å². The number of nitrogens with one attached hydrogen (secondary N) is 1. The van der Waals surface area contributed by atoms with E-state index in [9.17, 15) is 9.59 Å². The predicted molar refractivity (Wildman–Crippen MR) is 80.6 cm³/mol. The molecule has 2 aliphatic rings. The minimum atomic E-state index is -0.173. The second-order valence-corrected chi connectivity index (χ2v) is 5.73. The van der Waals surface area contributed by atoms with E-state index in [-0.39, 0.29) is 36.2 Å². The average Bonchev–Trinajstić information content (AvgIpc) is 2.80. The van der Waals surface area contributed by atoms with E-state index in [1.54, 1.807) is 4.90 Å². The van der Waals surface area contributed by atoms with Gasteiger partial charge in [0.05, 0.1) is 5.92 Å². The Labute approximate surface area is 127 Å². The minimum absolute atomic E-state index is 0. The van der Waals surface area contributed by atoms with Gasteiger partial charge in [0.1, 0.15) is 0 Å². The van der Waals surface area contributed by atoms with E-state index in [2.05, 4.69) is 5.32 Å². The maximum atomic E-state index is 12.3. The van der Waals surface area contributed by atoms with Crippen LogP contribution in [0.15, 0.2) is 0 Å². The van der Waals surface area contributed by atoms with Gasteiger partial charge in [-0.3, -0.25) is 9.59 Å². The summed E-state index contributed by atoms with van der Waals surface area (Å²) >= 11 is 0. The normalized spacial score (nSPS) is 30.0. The number of likely N-dealkylation sites (tertiary alicyclic amines) is 1. The third-order valence-electron chi connectivity index (χ3n) is 4.51. The maximum absolute atomic E-state index is 12.3. The summed E-state index contributed by atoms with van der Waals surface area (Å²) in [5.74, 6) is 0.362. The summed E-state index contributed by atoms with van der Waals surface area (Å²) in [6.07, 6.45) is 4.85. The number of amides is 2. The zero-order chi connectivity index (χ0) is 13.8. The van der Waals surface area contributed by atoms with Crippen LogP contribution < -0.4 is 11.1 Å². The first kappa shape index (κ1) is 17.2. The van der Waals surface area contributed by atoms with Crippen molar-refractivity contribution in [2.24, 2.45) is 17.6 Å². The molecule has 3 N–H and O–H groups in total. The molecule has 0 bridgehead atoms. The van der Waals surface area contributed by atoms with Gasteiger partial charge in [0.2, 0.25) is 11.8 Å². The zero-order valence-electron chi connectivity index (χ0n) is 12.1. The Balaban J connectivity index is 0.00000200. The van der Waals surface area contributed by atoms with E-state index in [0.29, 0.717) is 32.0 Å². The number of carbonyl (C=O) groups excluding carboxylic acids is 2. The Bertz CT molecular complexity index is 351. The summed E-state index contributed by atoms with van der Waals surface area (Å²) in [5.41, 5.74) is 5.77. The van der Waals surface area contributed by atoms with Crippen LogP contribution >= 0.6 is 12.4 Å². The highest BCUT2D eigenvalue weighted by Gasteiger charge is 2.35. The van der Waals surface area contributed by atoms with Crippen LogP contribution in [0.4, 0.5) is 0 Å². The molecule has 1 aliphatic heterocycles. The van der Waals surface area contributed by atoms with E-state index in [0.717, 1.165) is 19.3 Å². The molecule has 2 rings (SSSR count). The third-order valence-corrected chi connectivity index (χ3v) is 4.51. The molecule has 2 amide bonds. The van der Waals surface area contributed by atoms with E-state index in [4.69, 9.17) is 5.73 Å². The van der Waals surface area contributed by atoms with Gasteiger partial charge in [-0.2, -0.15) is 0 Å². The molecular formula is C14H26ClN3O2. The van der Waals surface area contributed by atoms with Gasteiger partial charge in [0, 0.05) is 25.6 Å². The Kier molecular flexibility index (Phi) is 6.76. The number of nitrogens with zero attached hydrogens (tertiary/aromatic N) is 1. The van der Waals surface area contributed by atoms with Crippen LogP contribution in [-0.4, -0.2) is 42.4 Å². The molecule has 0 aromatic carbocycles. The summed E-state index contributed by atoms with van der Waals surface area (Å²) in [7, 11) is 0. The van der Waals surface area contributed by atoms with Crippen molar-refractivity contribution in [2.45, 2.75) is 45.1 Å². The van der Waals surface area contributed by atoms with Crippen LogP contribution in [-0.2, 0) is 9.59 Å². The van der Waals surface area contributed by atoms with Crippen molar-refractivity contribution in [2.75, 3.05) is 19.6 Å². The van der Waals surface area contributed by atoms with Crippen molar-refractivity contribution in [3.8, 4) is 0 Å². The highest BCUT2D eigenvalue weighted by atomic mass is 35.5. The van der Waals surface area contributed by atoms with Crippen molar-refractivity contribution >= 4 is 24.2 Å². The molecule has 1 aliphatic carbocycles. The summed E-state index contributed by atoms with van der Waals surface area (Å²) < 4.78 is 0. The molecule has 1 saturated heterocycles. The van der Waals surface area contributed by atoms with Crippen molar-refractivity contribution in [1.82, 2.24) is 10.2 Å². The average molecular weight is 304 g/mol. The summed E-state index contributed by atoms with van der Waals surface area (Å²) in [4.78, 5) is 25.7. The van der Waals surface area contributed by atoms with Crippen LogP contribution in [0.25, 0.3) is 0 Å². The van der Waals surface area contributed by atoms with Crippen LogP contribution in [0.5, 0.6) is 0 Å². The van der Waals surface area contributed by atoms with Gasteiger partial charge in [0.25, 0.3) is 0 Å². The molecular weight excluding hydrogens is 278 g/mol. The second kappa shape index (κ2) is 7.84. The van der Waals surface area contributed by atoms with Crippen LogP contribution in [0.3, 0.4) is 0 Å². The molecule has 2 fully saturated rings. The first-order valence-electron chi connectivity index (χ1n) is 7.44. The van der Waals surface area contributed by atoms with E-state index < -0.39 is 0 Å². The Morgan fingerprint density at radius 3 is 2.70 bits per heavy atom. The Morgan fingerprint density at radius 1 is 1.40 bits per heavy atom. The Morgan fingerprint density at radius 2 is 2.10 bits per heavy atom. The predicted octanol–water partition coefficient (Wildman–Crippen LogP) is 0.910. The smallest absolute Gasteiger partial charge is 0.225 e. The molecule has 20 heavy (non-hydrogen) atoms. The number of hydrogen-bond donors (Lipinski definition) is 2. The number of halogens is 1. The fourth-order valence-corrected chi connectivity index (χ4v) is 3.23. The summed E-state index contributed by atoms with van der Waals surface area (Å²) in [6, 6.07) is 0.206. The lowest BCUT2D eigenvalue weighted by molar-refractivity contribution is -0.129. The summed E-state index contributed by atoms with van der Waals surface area (Å²) in [6.45, 7) is 3.85. The number of hydrogen-bond acceptors (Lipinski definition) is 3. The fraction of sp³-hybridized carbons (Fsp3) is 0.857. The van der Waals surface area contributed by atoms with Gasteiger partial charge in [-0.1, -0.05) is 12.8 Å². The molecule has 1 saturated carbocycles. The number of nitrogens with two attached hydrogens (primary N) is 1. The van der Waals surface area contributed by atoms with Crippen molar-refractivity contribution < 1.29 is 9.59 Å². The highest BCUT2D eigenvalue weighted by molar-refractivity contribution is 5.89. The maximum Gasteiger partial charge on any atom is 0.225 e. The number of rotatable bonds is 4. The van der Waals surface area contributed by atoms with Crippen LogP contribution in [0, 0.1) is 11.8 Å². The molecule has 0 spiro atoms. The lowest BCUT2D eigenvalue weighted by Gasteiger charge is -2.32. The van der Waals surface area contributed by atoms with Crippen molar-refractivity contribution in [1.29, 1.82) is 0 Å². The SMILES string of the molecule is CCN1CC(C(=O)NC2CCCCC2CN)CC1=O.Cl. The standard InChI is InChI=1S/C14H25N3O2.ClH/c1-2-17-9-11(7-13(17)18)14(19)16-12-6-4-3-5-10(12)8-15;/h10-12H,2-9,15H2,1H3,(H,16,19);1H. The monoisotopic (exact) mass is 303 g/mol. The number of carbonyl (C=O) groups is 2. The molecule has 0 radical (unpaired) electrons. The van der Waals surface area contributed by atoms with Gasteiger partial charge in [-0.25, -0.2) is 0 Å². The molecule has 3 unspecified atom stereocenters. The fourth-order valence-electron chi connectivity index (χ4n) is 3.23. The van der Waals surface area contributed by atoms with Gasteiger partial charge >= 0.3 is 0 Å². The molecule has 1 heterocycles. The van der Waals surface area contributed by atoms with Gasteiger partial charge < -0.3 is 16.0 Å². The molecule has 116 valence electrons. The third kappa shape index (κ3) is 3.85. The topological polar surface area (TPSA) is 75.4 Å². The first-order chi connectivity index (χ1) is 9.15. The van der Waals surface area contributed by atoms with Crippen LogP contribution in [0.2, 0.25) is 0 Å². The molecule has 3 atom stereocenters. The van der Waals surface area contributed by atoms with E-state index in [1.807, 2.05) is 6.92 Å². The first-order valence-corrected chi connectivity index (χ1v) is 7.44. The zero-order valence-corrected chi connectivity index (χ0v) is 13.0. The van der Waals surface area contributed by atoms with Gasteiger partial charge in [-0.15, -0.1) is 12.4 Å². The van der Waals surface area contributed by atoms with Crippen molar-refractivity contribution in [3.05, 3.63) is 0 Å². The highest BCUT2D eigenvalue weighted by Crippen LogP contribution is 2.25. The summed E-state index contributed by atoms with van der Waals surface area (Å²) in [5, 5.41) is 3.13. The minimum Gasteiger partial charge on any atom is -0.353 e. The lowest BCUT2D eigenvalue weighted by Crippen LogP contribution is -2.47.